The van der Waals surface area contributed by atoms with E-state index in [1.54, 1.807) is 5.32 Å². The summed E-state index contributed by atoms with van der Waals surface area (Å²) in [5, 5.41) is 1.75. The fourth-order valence-corrected chi connectivity index (χ4v) is 1.88. The smallest absolute Gasteiger partial charge is 0.344 e. The summed E-state index contributed by atoms with van der Waals surface area (Å²) >= 11 is 0. The lowest BCUT2D eigenvalue weighted by Crippen LogP contribution is -2.59. The van der Waals surface area contributed by atoms with Gasteiger partial charge in [-0.25, -0.2) is 0 Å². The van der Waals surface area contributed by atoms with Crippen LogP contribution >= 0.6 is 0 Å². The molecule has 0 saturated heterocycles. The highest BCUT2D eigenvalue weighted by atomic mass is 19.4. The van der Waals surface area contributed by atoms with Gasteiger partial charge in [-0.15, -0.1) is 0 Å². The monoisotopic (exact) mass is 260 g/mol. The van der Waals surface area contributed by atoms with Crippen molar-refractivity contribution in [3.8, 4) is 0 Å². The normalized spacial score (nSPS) is 20.4. The number of alkyl halides is 5. The van der Waals surface area contributed by atoms with Crippen LogP contribution in [0.15, 0.2) is 0 Å². The minimum absolute atomic E-state index is 0.146. The van der Waals surface area contributed by atoms with Gasteiger partial charge in [0.1, 0.15) is 0 Å². The molecule has 0 bridgehead atoms. The second-order valence-electron chi connectivity index (χ2n) is 4.22. The third-order valence-corrected chi connectivity index (χ3v) is 2.97. The summed E-state index contributed by atoms with van der Waals surface area (Å²) in [4.78, 5) is 11.0. The van der Waals surface area contributed by atoms with Gasteiger partial charge in [-0.3, -0.25) is 4.79 Å². The first kappa shape index (κ1) is 14.1. The van der Waals surface area contributed by atoms with E-state index < -0.39 is 23.5 Å². The Hall–Kier alpha value is -0.920. The molecule has 100 valence electrons. The molecule has 0 aliphatic heterocycles. The SMILES string of the molecule is NCC1(NC(=O)C(F)(F)C(F)(F)F)CCCC1. The molecule has 1 amide bonds. The minimum atomic E-state index is -5.88. The molecule has 3 N–H and O–H groups in total. The van der Waals surface area contributed by atoms with Crippen LogP contribution in [0.2, 0.25) is 0 Å². The maximum atomic E-state index is 12.7. The number of carbonyl (C=O) groups excluding carboxylic acids is 1. The van der Waals surface area contributed by atoms with Crippen LogP contribution in [0.5, 0.6) is 0 Å². The fourth-order valence-electron chi connectivity index (χ4n) is 1.88. The number of amides is 1. The molecule has 0 unspecified atom stereocenters. The van der Waals surface area contributed by atoms with E-state index in [9.17, 15) is 26.7 Å². The van der Waals surface area contributed by atoms with E-state index in [0.29, 0.717) is 25.7 Å². The van der Waals surface area contributed by atoms with E-state index >= 15 is 0 Å². The van der Waals surface area contributed by atoms with E-state index in [2.05, 4.69) is 0 Å². The summed E-state index contributed by atoms with van der Waals surface area (Å²) in [7, 11) is 0. The molecule has 0 aromatic heterocycles. The Balaban J connectivity index is 2.78. The van der Waals surface area contributed by atoms with Crippen molar-refractivity contribution in [3.63, 3.8) is 0 Å². The minimum Gasteiger partial charge on any atom is -0.344 e. The van der Waals surface area contributed by atoms with Crippen molar-refractivity contribution < 1.29 is 26.7 Å². The van der Waals surface area contributed by atoms with Crippen LogP contribution < -0.4 is 11.1 Å². The highest BCUT2D eigenvalue weighted by Gasteiger charge is 2.64. The van der Waals surface area contributed by atoms with Crippen LogP contribution in [-0.4, -0.2) is 30.1 Å². The van der Waals surface area contributed by atoms with Crippen LogP contribution in [-0.2, 0) is 4.79 Å². The van der Waals surface area contributed by atoms with E-state index in [1.807, 2.05) is 0 Å². The van der Waals surface area contributed by atoms with Crippen LogP contribution in [0.4, 0.5) is 22.0 Å². The highest BCUT2D eigenvalue weighted by molar-refractivity contribution is 5.85. The number of hydrogen-bond acceptors (Lipinski definition) is 2. The van der Waals surface area contributed by atoms with Gasteiger partial charge in [0.05, 0.1) is 5.54 Å². The van der Waals surface area contributed by atoms with Crippen LogP contribution in [0, 0.1) is 0 Å². The van der Waals surface area contributed by atoms with Crippen molar-refractivity contribution in [2.24, 2.45) is 5.73 Å². The Morgan fingerprint density at radius 2 is 1.65 bits per heavy atom. The number of nitrogens with one attached hydrogen (secondary N) is 1. The summed E-state index contributed by atoms with van der Waals surface area (Å²) in [6.45, 7) is -0.146. The Kier molecular flexibility index (Phi) is 3.66. The van der Waals surface area contributed by atoms with Crippen LogP contribution in [0.25, 0.3) is 0 Å². The van der Waals surface area contributed by atoms with Crippen molar-refractivity contribution in [1.82, 2.24) is 5.32 Å². The summed E-state index contributed by atoms with van der Waals surface area (Å²) in [6, 6.07) is 0. The standard InChI is InChI=1S/C9H13F5N2O/c10-8(11,9(12,13)14)6(17)16-7(5-15)3-1-2-4-7/h1-5,15H2,(H,16,17). The molecular formula is C9H13F5N2O. The predicted octanol–water partition coefficient (Wildman–Crippen LogP) is 1.57. The van der Waals surface area contributed by atoms with Crippen molar-refractivity contribution >= 4 is 5.91 Å². The van der Waals surface area contributed by atoms with E-state index in [4.69, 9.17) is 5.73 Å². The molecule has 1 fully saturated rings. The van der Waals surface area contributed by atoms with Crippen molar-refractivity contribution in [3.05, 3.63) is 0 Å². The largest absolute Gasteiger partial charge is 0.463 e. The summed E-state index contributed by atoms with van der Waals surface area (Å²) in [5.74, 6) is -7.70. The molecule has 0 spiro atoms. The predicted molar refractivity (Wildman–Crippen MR) is 49.4 cm³/mol. The maximum absolute atomic E-state index is 12.7. The first-order valence-electron chi connectivity index (χ1n) is 5.12. The number of rotatable bonds is 3. The van der Waals surface area contributed by atoms with Crippen LogP contribution in [0.3, 0.4) is 0 Å². The average Bonchev–Trinajstić information content (AvgIpc) is 2.65. The summed E-state index contributed by atoms with van der Waals surface area (Å²) < 4.78 is 61.2. The molecule has 1 aliphatic rings. The molecule has 1 rings (SSSR count). The van der Waals surface area contributed by atoms with E-state index in [0.717, 1.165) is 0 Å². The molecule has 17 heavy (non-hydrogen) atoms. The van der Waals surface area contributed by atoms with E-state index in [1.165, 1.54) is 0 Å². The zero-order valence-electron chi connectivity index (χ0n) is 8.91. The Morgan fingerprint density at radius 3 is 2.00 bits per heavy atom. The second kappa shape index (κ2) is 4.40. The van der Waals surface area contributed by atoms with Crippen molar-refractivity contribution in [1.29, 1.82) is 0 Å². The van der Waals surface area contributed by atoms with Gasteiger partial charge in [0, 0.05) is 6.54 Å². The quantitative estimate of drug-likeness (QED) is 0.757. The van der Waals surface area contributed by atoms with Gasteiger partial charge < -0.3 is 11.1 Å². The zero-order valence-corrected chi connectivity index (χ0v) is 8.91. The van der Waals surface area contributed by atoms with Gasteiger partial charge >= 0.3 is 18.0 Å². The number of halogens is 5. The first-order chi connectivity index (χ1) is 7.65. The fraction of sp³-hybridized carbons (Fsp3) is 0.889. The van der Waals surface area contributed by atoms with Gasteiger partial charge in [-0.1, -0.05) is 12.8 Å². The number of hydrogen-bond donors (Lipinski definition) is 2. The molecule has 0 aromatic rings. The summed E-state index contributed by atoms with van der Waals surface area (Å²) in [6.07, 6.45) is -3.94. The van der Waals surface area contributed by atoms with Gasteiger partial charge in [0.25, 0.3) is 0 Å². The van der Waals surface area contributed by atoms with Crippen LogP contribution in [0.1, 0.15) is 25.7 Å². The molecule has 8 heteroatoms. The lowest BCUT2D eigenvalue weighted by molar-refractivity contribution is -0.270. The van der Waals surface area contributed by atoms with Crippen molar-refractivity contribution in [2.75, 3.05) is 6.54 Å². The molecule has 0 heterocycles. The van der Waals surface area contributed by atoms with Crippen molar-refractivity contribution in [2.45, 2.75) is 43.3 Å². The van der Waals surface area contributed by atoms with Gasteiger partial charge in [-0.2, -0.15) is 22.0 Å². The van der Waals surface area contributed by atoms with E-state index in [-0.39, 0.29) is 6.54 Å². The first-order valence-corrected chi connectivity index (χ1v) is 5.12. The molecule has 0 aromatic carbocycles. The molecule has 1 aliphatic carbocycles. The number of nitrogens with two attached hydrogens (primary N) is 1. The third-order valence-electron chi connectivity index (χ3n) is 2.97. The highest BCUT2D eigenvalue weighted by Crippen LogP contribution is 2.37. The van der Waals surface area contributed by atoms with Gasteiger partial charge in [0.15, 0.2) is 0 Å². The number of carbonyl (C=O) groups is 1. The average molecular weight is 260 g/mol. The molecule has 3 nitrogen and oxygen atoms in total. The lowest BCUT2D eigenvalue weighted by atomic mass is 9.97. The Morgan fingerprint density at radius 1 is 1.18 bits per heavy atom. The third kappa shape index (κ3) is 2.67. The zero-order chi connectivity index (χ0) is 13.3. The lowest BCUT2D eigenvalue weighted by Gasteiger charge is -2.31. The summed E-state index contributed by atoms with van der Waals surface area (Å²) in [5.41, 5.74) is 4.21. The van der Waals surface area contributed by atoms with Gasteiger partial charge in [-0.05, 0) is 12.8 Å². The topological polar surface area (TPSA) is 55.1 Å². The maximum Gasteiger partial charge on any atom is 0.463 e. The Labute approximate surface area is 94.5 Å². The molecule has 0 radical (unpaired) electrons. The molecule has 1 saturated carbocycles. The van der Waals surface area contributed by atoms with Gasteiger partial charge in [0.2, 0.25) is 0 Å². The molecular weight excluding hydrogens is 247 g/mol. The molecule has 0 atom stereocenters. The Bertz CT molecular complexity index is 296. The second-order valence-corrected chi connectivity index (χ2v) is 4.22.